The van der Waals surface area contributed by atoms with Gasteiger partial charge in [-0.1, -0.05) is 34.1 Å². The number of halogens is 1. The van der Waals surface area contributed by atoms with Crippen LogP contribution in [0.2, 0.25) is 0 Å². The van der Waals surface area contributed by atoms with E-state index in [1.807, 2.05) is 0 Å². The Morgan fingerprint density at radius 2 is 2.03 bits per heavy atom. The summed E-state index contributed by atoms with van der Waals surface area (Å²) in [6, 6.07) is 18.5. The molecule has 0 saturated heterocycles. The van der Waals surface area contributed by atoms with Crippen molar-refractivity contribution in [2.75, 3.05) is 0 Å². The van der Waals surface area contributed by atoms with Crippen LogP contribution in [0.3, 0.4) is 0 Å². The Labute approximate surface area is 201 Å². The smallest absolute Gasteiger partial charge is 0.311 e. The van der Waals surface area contributed by atoms with Gasteiger partial charge < -0.3 is 4.74 Å². The Morgan fingerprint density at radius 1 is 1.24 bits per heavy atom. The van der Waals surface area contributed by atoms with Crippen LogP contribution in [-0.2, 0) is 6.61 Å². The van der Waals surface area contributed by atoms with Gasteiger partial charge in [0.05, 0.1) is 33.7 Å². The highest BCUT2D eigenvalue weighted by atomic mass is 79.9. The zero-order chi connectivity index (χ0) is 24.2. The monoisotopic (exact) mass is 517 g/mol. The summed E-state index contributed by atoms with van der Waals surface area (Å²) >= 11 is 3.34. The van der Waals surface area contributed by atoms with Gasteiger partial charge in [-0.3, -0.25) is 14.9 Å². The summed E-state index contributed by atoms with van der Waals surface area (Å²) in [6.45, 7) is 1.66. The maximum Gasteiger partial charge on any atom is 0.311 e. The van der Waals surface area contributed by atoms with Crippen molar-refractivity contribution < 1.29 is 9.66 Å². The lowest BCUT2D eigenvalue weighted by Gasteiger charge is -2.09. The number of aryl methyl sites for hydroxylation is 1. The Hall–Kier alpha value is -4.36. The lowest BCUT2D eigenvalue weighted by molar-refractivity contribution is -0.385. The number of fused-ring (bicyclic) bond motifs is 1. The summed E-state index contributed by atoms with van der Waals surface area (Å²) in [5, 5.41) is 25.4. The summed E-state index contributed by atoms with van der Waals surface area (Å²) in [7, 11) is 0. The molecule has 0 amide bonds. The van der Waals surface area contributed by atoms with Gasteiger partial charge in [0.2, 0.25) is 0 Å². The molecule has 0 atom stereocenters. The van der Waals surface area contributed by atoms with Crippen LogP contribution in [0.25, 0.3) is 10.9 Å². The number of nitriles is 1. The van der Waals surface area contributed by atoms with Crippen molar-refractivity contribution in [2.24, 2.45) is 5.10 Å². The van der Waals surface area contributed by atoms with E-state index in [0.29, 0.717) is 33.4 Å². The number of nitro groups is 1. The van der Waals surface area contributed by atoms with Gasteiger partial charge in [0.15, 0.2) is 5.75 Å². The fraction of sp³-hybridized carbons (Fsp3) is 0.0833. The van der Waals surface area contributed by atoms with Crippen LogP contribution < -0.4 is 10.3 Å². The highest BCUT2D eigenvalue weighted by molar-refractivity contribution is 9.10. The van der Waals surface area contributed by atoms with Crippen molar-refractivity contribution in [3.63, 3.8) is 0 Å². The van der Waals surface area contributed by atoms with E-state index in [9.17, 15) is 20.2 Å². The summed E-state index contributed by atoms with van der Waals surface area (Å²) in [5.41, 5.74) is 1.39. The van der Waals surface area contributed by atoms with E-state index in [1.54, 1.807) is 55.5 Å². The summed E-state index contributed by atoms with van der Waals surface area (Å²) < 4.78 is 7.52. The number of rotatable bonds is 6. The van der Waals surface area contributed by atoms with Crippen molar-refractivity contribution in [1.82, 2.24) is 9.66 Å². The molecule has 0 aliphatic carbocycles. The molecule has 0 aliphatic rings. The zero-order valence-electron chi connectivity index (χ0n) is 17.8. The standard InChI is InChI=1S/C24H16BrN5O4/c1-15-28-21-8-7-19(25)11-20(21)24(31)29(15)27-13-16-6-9-23(22(10-16)30(32)33)34-14-18-5-3-2-4-17(18)12-26/h2-11,13H,14H2,1H3. The van der Waals surface area contributed by atoms with E-state index >= 15 is 0 Å². The predicted octanol–water partition coefficient (Wildman–Crippen LogP) is 4.71. The molecular weight excluding hydrogens is 502 g/mol. The number of benzene rings is 3. The molecule has 1 aromatic heterocycles. The van der Waals surface area contributed by atoms with Crippen molar-refractivity contribution in [1.29, 1.82) is 5.26 Å². The summed E-state index contributed by atoms with van der Waals surface area (Å²) in [6.07, 6.45) is 1.35. The number of hydrogen-bond acceptors (Lipinski definition) is 7. The highest BCUT2D eigenvalue weighted by Crippen LogP contribution is 2.28. The first-order valence-electron chi connectivity index (χ1n) is 10.00. The molecule has 10 heteroatoms. The number of nitrogens with zero attached hydrogens (tertiary/aromatic N) is 5. The van der Waals surface area contributed by atoms with Crippen molar-refractivity contribution >= 4 is 38.7 Å². The van der Waals surface area contributed by atoms with Gasteiger partial charge in [-0.25, -0.2) is 4.98 Å². The van der Waals surface area contributed by atoms with Crippen LogP contribution in [0.15, 0.2) is 75.0 Å². The SMILES string of the molecule is Cc1nc2ccc(Br)cc2c(=O)n1N=Cc1ccc(OCc2ccccc2C#N)c([N+](=O)[O-])c1. The molecular formula is C24H16BrN5O4. The Bertz CT molecular complexity index is 1560. The first-order valence-corrected chi connectivity index (χ1v) is 10.8. The minimum atomic E-state index is -0.560. The van der Waals surface area contributed by atoms with Gasteiger partial charge >= 0.3 is 5.69 Å². The third-order valence-electron chi connectivity index (χ3n) is 4.99. The quantitative estimate of drug-likeness (QED) is 0.207. The largest absolute Gasteiger partial charge is 0.482 e. The van der Waals surface area contributed by atoms with Crippen molar-refractivity contribution in [2.45, 2.75) is 13.5 Å². The fourth-order valence-corrected chi connectivity index (χ4v) is 3.67. The van der Waals surface area contributed by atoms with E-state index in [-0.39, 0.29) is 23.6 Å². The van der Waals surface area contributed by atoms with Crippen LogP contribution in [0.1, 0.15) is 22.5 Å². The first kappa shape index (κ1) is 22.8. The van der Waals surface area contributed by atoms with E-state index < -0.39 is 4.92 Å². The topological polar surface area (TPSA) is 123 Å². The van der Waals surface area contributed by atoms with E-state index in [2.05, 4.69) is 32.1 Å². The molecule has 3 aromatic carbocycles. The molecule has 4 rings (SSSR count). The second-order valence-electron chi connectivity index (χ2n) is 7.22. The van der Waals surface area contributed by atoms with Gasteiger partial charge in [-0.2, -0.15) is 15.0 Å². The van der Waals surface area contributed by atoms with E-state index in [0.717, 1.165) is 9.15 Å². The Balaban J connectivity index is 1.64. The molecule has 0 radical (unpaired) electrons. The Kier molecular flexibility index (Phi) is 6.47. The van der Waals surface area contributed by atoms with Crippen LogP contribution in [0.4, 0.5) is 5.69 Å². The van der Waals surface area contributed by atoms with Crippen LogP contribution in [0, 0.1) is 28.4 Å². The normalized spacial score (nSPS) is 11.0. The molecule has 0 unspecified atom stereocenters. The van der Waals surface area contributed by atoms with Gasteiger partial charge in [0.1, 0.15) is 12.4 Å². The minimum absolute atomic E-state index is 0.00488. The van der Waals surface area contributed by atoms with Crippen molar-refractivity contribution in [3.05, 3.63) is 108 Å². The maximum atomic E-state index is 12.9. The summed E-state index contributed by atoms with van der Waals surface area (Å²) in [4.78, 5) is 28.3. The van der Waals surface area contributed by atoms with Crippen LogP contribution in [-0.4, -0.2) is 20.8 Å². The molecule has 0 saturated carbocycles. The molecule has 0 spiro atoms. The van der Waals surface area contributed by atoms with Gasteiger partial charge in [0, 0.05) is 21.7 Å². The molecule has 4 aromatic rings. The molecule has 0 bridgehead atoms. The molecule has 0 N–H and O–H groups in total. The van der Waals surface area contributed by atoms with Gasteiger partial charge in [0.25, 0.3) is 5.56 Å². The van der Waals surface area contributed by atoms with Crippen LogP contribution in [0.5, 0.6) is 5.75 Å². The second kappa shape index (κ2) is 9.64. The van der Waals surface area contributed by atoms with Gasteiger partial charge in [-0.05, 0) is 43.3 Å². The lowest BCUT2D eigenvalue weighted by atomic mass is 10.1. The fourth-order valence-electron chi connectivity index (χ4n) is 3.31. The molecule has 0 aliphatic heterocycles. The number of ether oxygens (including phenoxy) is 1. The first-order chi connectivity index (χ1) is 16.4. The van der Waals surface area contributed by atoms with Gasteiger partial charge in [-0.15, -0.1) is 0 Å². The number of aromatic nitrogens is 2. The molecule has 168 valence electrons. The molecule has 9 nitrogen and oxygen atoms in total. The third-order valence-corrected chi connectivity index (χ3v) is 5.49. The average Bonchev–Trinajstić information content (AvgIpc) is 2.83. The zero-order valence-corrected chi connectivity index (χ0v) is 19.4. The Morgan fingerprint density at radius 3 is 2.79 bits per heavy atom. The average molecular weight is 518 g/mol. The number of nitro benzene ring substituents is 1. The van der Waals surface area contributed by atoms with E-state index in [1.165, 1.54) is 18.3 Å². The molecule has 34 heavy (non-hydrogen) atoms. The molecule has 0 fully saturated rings. The summed E-state index contributed by atoms with van der Waals surface area (Å²) in [5.74, 6) is 0.433. The van der Waals surface area contributed by atoms with Crippen LogP contribution >= 0.6 is 15.9 Å². The predicted molar refractivity (Wildman–Crippen MR) is 130 cm³/mol. The van der Waals surface area contributed by atoms with E-state index in [4.69, 9.17) is 4.74 Å². The molecule has 1 heterocycles. The maximum absolute atomic E-state index is 12.9. The lowest BCUT2D eigenvalue weighted by Crippen LogP contribution is -2.20. The third kappa shape index (κ3) is 4.69. The second-order valence-corrected chi connectivity index (χ2v) is 8.14. The highest BCUT2D eigenvalue weighted by Gasteiger charge is 2.17. The van der Waals surface area contributed by atoms with Crippen molar-refractivity contribution in [3.8, 4) is 11.8 Å². The number of hydrogen-bond donors (Lipinski definition) is 0. The minimum Gasteiger partial charge on any atom is -0.482 e.